The quantitative estimate of drug-likeness (QED) is 0.563. The molecule has 3 atom stereocenters. The molecule has 8 heteroatoms. The molecule has 1 fully saturated rings. The van der Waals surface area contributed by atoms with Crippen LogP contribution in [0.2, 0.25) is 0 Å². The van der Waals surface area contributed by atoms with E-state index in [1.54, 1.807) is 4.68 Å². The van der Waals surface area contributed by atoms with Gasteiger partial charge in [-0.2, -0.15) is 0 Å². The lowest BCUT2D eigenvalue weighted by atomic mass is 9.93. The van der Waals surface area contributed by atoms with Gasteiger partial charge in [-0.3, -0.25) is 4.79 Å². The second-order valence-corrected chi connectivity index (χ2v) is 10.5. The molecule has 182 valence electrons. The average Bonchev–Trinajstić information content (AvgIpc) is 3.53. The molecule has 2 aliphatic carbocycles. The molecule has 3 aromatic rings. The number of carbonyl (C=O) groups is 2. The molecule has 0 bridgehead atoms. The van der Waals surface area contributed by atoms with Gasteiger partial charge in [0.2, 0.25) is 0 Å². The summed E-state index contributed by atoms with van der Waals surface area (Å²) in [6.07, 6.45) is 1.98. The van der Waals surface area contributed by atoms with Crippen molar-refractivity contribution >= 4 is 12.1 Å². The van der Waals surface area contributed by atoms with Gasteiger partial charge in [0.1, 0.15) is 6.61 Å². The van der Waals surface area contributed by atoms with Gasteiger partial charge in [0.15, 0.2) is 0 Å². The molecule has 1 unspecified atom stereocenters. The van der Waals surface area contributed by atoms with E-state index in [1.807, 2.05) is 51.2 Å². The molecule has 35 heavy (non-hydrogen) atoms. The van der Waals surface area contributed by atoms with Crippen molar-refractivity contribution in [1.29, 1.82) is 0 Å². The Hall–Kier alpha value is -3.68. The van der Waals surface area contributed by atoms with E-state index in [0.717, 1.165) is 27.9 Å². The number of carbonyl (C=O) groups excluding carboxylic acids is 1. The van der Waals surface area contributed by atoms with Gasteiger partial charge in [-0.15, -0.1) is 5.10 Å². The van der Waals surface area contributed by atoms with E-state index in [1.165, 1.54) is 0 Å². The topological polar surface area (TPSA) is 106 Å². The minimum Gasteiger partial charge on any atom is -0.481 e. The second-order valence-electron chi connectivity index (χ2n) is 10.5. The normalized spacial score (nSPS) is 21.4. The van der Waals surface area contributed by atoms with Crippen LogP contribution in [0.1, 0.15) is 62.4 Å². The Morgan fingerprint density at radius 2 is 1.69 bits per heavy atom. The lowest BCUT2D eigenvalue weighted by Crippen LogP contribution is -2.39. The zero-order valence-corrected chi connectivity index (χ0v) is 20.1. The molecule has 1 amide bonds. The van der Waals surface area contributed by atoms with Gasteiger partial charge >= 0.3 is 12.1 Å². The van der Waals surface area contributed by atoms with Crippen molar-refractivity contribution in [3.63, 3.8) is 0 Å². The summed E-state index contributed by atoms with van der Waals surface area (Å²) in [5.74, 6) is -1.48. The highest BCUT2D eigenvalue weighted by atomic mass is 16.5. The van der Waals surface area contributed by atoms with Crippen LogP contribution in [0.5, 0.6) is 0 Å². The summed E-state index contributed by atoms with van der Waals surface area (Å²) < 4.78 is 7.39. The Morgan fingerprint density at radius 1 is 1.06 bits per heavy atom. The summed E-state index contributed by atoms with van der Waals surface area (Å²) >= 11 is 0. The first-order valence-electron chi connectivity index (χ1n) is 12.0. The van der Waals surface area contributed by atoms with E-state index in [0.29, 0.717) is 12.8 Å². The van der Waals surface area contributed by atoms with Crippen LogP contribution in [-0.2, 0) is 14.9 Å². The summed E-state index contributed by atoms with van der Waals surface area (Å²) in [6.45, 7) is 6.34. The zero-order chi connectivity index (χ0) is 24.7. The molecule has 5 rings (SSSR count). The smallest absolute Gasteiger partial charge is 0.407 e. The lowest BCUT2D eigenvalue weighted by molar-refractivity contribution is -0.141. The molecule has 2 N–H and O–H groups in total. The summed E-state index contributed by atoms with van der Waals surface area (Å²) in [7, 11) is 0. The van der Waals surface area contributed by atoms with Crippen LogP contribution in [0.3, 0.4) is 0 Å². The van der Waals surface area contributed by atoms with Crippen molar-refractivity contribution < 1.29 is 19.4 Å². The van der Waals surface area contributed by atoms with Crippen LogP contribution in [0.25, 0.3) is 11.1 Å². The van der Waals surface area contributed by atoms with Crippen molar-refractivity contribution in [2.75, 3.05) is 6.61 Å². The van der Waals surface area contributed by atoms with Crippen molar-refractivity contribution in [2.24, 2.45) is 5.92 Å². The van der Waals surface area contributed by atoms with Gasteiger partial charge in [0, 0.05) is 17.5 Å². The molecule has 0 saturated heterocycles. The first kappa shape index (κ1) is 23.1. The Balaban J connectivity index is 1.30. The maximum Gasteiger partial charge on any atom is 0.407 e. The Bertz CT molecular complexity index is 1220. The highest BCUT2D eigenvalue weighted by molar-refractivity contribution is 5.79. The SMILES string of the molecule is CC(C)(C)c1cn([C@@H]2CC(C(=O)O)C[C@@H]2NC(=O)OCC2c3ccccc3-c3ccccc32)nn1. The van der Waals surface area contributed by atoms with Crippen molar-refractivity contribution in [3.05, 3.63) is 71.5 Å². The maximum atomic E-state index is 12.9. The molecule has 0 aliphatic heterocycles. The first-order valence-corrected chi connectivity index (χ1v) is 12.0. The number of hydrogen-bond acceptors (Lipinski definition) is 5. The number of aromatic nitrogens is 3. The van der Waals surface area contributed by atoms with Gasteiger partial charge in [-0.1, -0.05) is 74.5 Å². The van der Waals surface area contributed by atoms with Crippen molar-refractivity contribution in [1.82, 2.24) is 20.3 Å². The average molecular weight is 475 g/mol. The van der Waals surface area contributed by atoms with E-state index in [9.17, 15) is 14.7 Å². The number of carboxylic acids is 1. The van der Waals surface area contributed by atoms with Gasteiger partial charge < -0.3 is 15.2 Å². The molecule has 2 aliphatic rings. The standard InChI is InChI=1S/C27H30N4O4/c1-27(2,3)24-14-31(30-29-24)23-13-16(25(32)33)12-22(23)28-26(34)35-15-21-19-10-6-4-8-17(19)18-9-5-7-11-20(18)21/h4-11,14,16,21-23H,12-13,15H2,1-3H3,(H,28,34)(H,32,33)/t16?,22-,23+/m0/s1. The van der Waals surface area contributed by atoms with Crippen LogP contribution >= 0.6 is 0 Å². The molecule has 1 heterocycles. The molecule has 8 nitrogen and oxygen atoms in total. The maximum absolute atomic E-state index is 12.9. The van der Waals surface area contributed by atoms with Crippen LogP contribution in [0.15, 0.2) is 54.7 Å². The third-order valence-corrected chi connectivity index (χ3v) is 7.14. The van der Waals surface area contributed by atoms with Crippen LogP contribution < -0.4 is 5.32 Å². The van der Waals surface area contributed by atoms with E-state index >= 15 is 0 Å². The van der Waals surface area contributed by atoms with E-state index in [4.69, 9.17) is 4.74 Å². The Kier molecular flexibility index (Phi) is 5.83. The molecule has 0 radical (unpaired) electrons. The fourth-order valence-electron chi connectivity index (χ4n) is 5.24. The second kappa shape index (κ2) is 8.83. The van der Waals surface area contributed by atoms with Gasteiger partial charge in [0.05, 0.1) is 23.7 Å². The minimum absolute atomic E-state index is 0.0380. The molecular formula is C27H30N4O4. The fraction of sp³-hybridized carbons (Fsp3) is 0.407. The summed E-state index contributed by atoms with van der Waals surface area (Å²) in [5.41, 5.74) is 5.25. The number of fused-ring (bicyclic) bond motifs is 3. The highest BCUT2D eigenvalue weighted by Gasteiger charge is 2.41. The van der Waals surface area contributed by atoms with Gasteiger partial charge in [-0.25, -0.2) is 9.48 Å². The summed E-state index contributed by atoms with van der Waals surface area (Å²) in [4.78, 5) is 24.6. The molecular weight excluding hydrogens is 444 g/mol. The van der Waals surface area contributed by atoms with Crippen molar-refractivity contribution in [3.8, 4) is 11.1 Å². The zero-order valence-electron chi connectivity index (χ0n) is 20.1. The number of alkyl carbamates (subject to hydrolysis) is 1. The predicted octanol–water partition coefficient (Wildman–Crippen LogP) is 4.52. The molecule has 1 aromatic heterocycles. The van der Waals surface area contributed by atoms with Gasteiger partial charge in [-0.05, 0) is 35.1 Å². The highest BCUT2D eigenvalue weighted by Crippen LogP contribution is 2.44. The largest absolute Gasteiger partial charge is 0.481 e. The van der Waals surface area contributed by atoms with Crippen LogP contribution in [-0.4, -0.2) is 44.8 Å². The predicted molar refractivity (Wildman–Crippen MR) is 130 cm³/mol. The lowest BCUT2D eigenvalue weighted by Gasteiger charge is -2.21. The van der Waals surface area contributed by atoms with E-state index < -0.39 is 24.0 Å². The number of ether oxygens (including phenoxy) is 1. The van der Waals surface area contributed by atoms with Crippen LogP contribution in [0, 0.1) is 5.92 Å². The monoisotopic (exact) mass is 474 g/mol. The van der Waals surface area contributed by atoms with Crippen LogP contribution in [0.4, 0.5) is 4.79 Å². The Morgan fingerprint density at radius 3 is 2.26 bits per heavy atom. The summed E-state index contributed by atoms with van der Waals surface area (Å²) in [5, 5.41) is 21.1. The van der Waals surface area contributed by atoms with E-state index in [-0.39, 0.29) is 24.0 Å². The Labute approximate surface area is 204 Å². The third kappa shape index (κ3) is 4.40. The number of carboxylic acid groups (broad SMARTS) is 1. The summed E-state index contributed by atoms with van der Waals surface area (Å²) in [6, 6.07) is 15.6. The van der Waals surface area contributed by atoms with Crippen molar-refractivity contribution in [2.45, 2.75) is 57.0 Å². The van der Waals surface area contributed by atoms with E-state index in [2.05, 4.69) is 39.9 Å². The first-order chi connectivity index (χ1) is 16.7. The number of amides is 1. The minimum atomic E-state index is -0.872. The number of hydrogen-bond donors (Lipinski definition) is 2. The molecule has 2 aromatic carbocycles. The number of benzene rings is 2. The molecule has 1 saturated carbocycles. The number of rotatable bonds is 5. The number of nitrogens with one attached hydrogen (secondary N) is 1. The number of aliphatic carboxylic acids is 1. The number of nitrogens with zero attached hydrogens (tertiary/aromatic N) is 3. The molecule has 0 spiro atoms. The third-order valence-electron chi connectivity index (χ3n) is 7.14. The fourth-order valence-corrected chi connectivity index (χ4v) is 5.24. The van der Waals surface area contributed by atoms with Gasteiger partial charge in [0.25, 0.3) is 0 Å².